The van der Waals surface area contributed by atoms with Crippen molar-refractivity contribution in [1.29, 1.82) is 0 Å². The minimum Gasteiger partial charge on any atom is -0.309 e. The number of nitrogens with zero attached hydrogens (tertiary/aromatic N) is 3. The van der Waals surface area contributed by atoms with Crippen molar-refractivity contribution in [2.45, 2.75) is 0 Å². The average Bonchev–Trinajstić information content (AvgIpc) is 3.85. The molecular formula is C49H29N3. The van der Waals surface area contributed by atoms with E-state index in [1.54, 1.807) is 0 Å². The number of hydrogen-bond acceptors (Lipinski definition) is 1. The number of fused-ring (bicyclic) bond motifs is 11. The van der Waals surface area contributed by atoms with E-state index in [2.05, 4.69) is 179 Å². The van der Waals surface area contributed by atoms with E-state index in [9.17, 15) is 0 Å². The van der Waals surface area contributed by atoms with Gasteiger partial charge in [0.2, 0.25) is 0 Å². The van der Waals surface area contributed by atoms with Crippen LogP contribution in [-0.4, -0.2) is 14.1 Å². The molecule has 0 unspecified atom stereocenters. The third kappa shape index (κ3) is 3.66. The molecule has 240 valence electrons. The Labute approximate surface area is 299 Å². The van der Waals surface area contributed by atoms with Gasteiger partial charge in [0.05, 0.1) is 27.8 Å². The first-order valence-corrected chi connectivity index (χ1v) is 17.9. The Hall–Kier alpha value is -6.97. The average molecular weight is 660 g/mol. The van der Waals surface area contributed by atoms with E-state index in [-0.39, 0.29) is 0 Å². The molecule has 3 aromatic heterocycles. The van der Waals surface area contributed by atoms with Gasteiger partial charge in [-0.15, -0.1) is 0 Å². The third-order valence-electron chi connectivity index (χ3n) is 11.3. The van der Waals surface area contributed by atoms with Crippen LogP contribution in [0.15, 0.2) is 176 Å². The van der Waals surface area contributed by atoms with Gasteiger partial charge in [0, 0.05) is 66.9 Å². The number of pyridine rings is 1. The summed E-state index contributed by atoms with van der Waals surface area (Å²) in [4.78, 5) is 4.71. The van der Waals surface area contributed by atoms with Gasteiger partial charge in [-0.3, -0.25) is 4.98 Å². The van der Waals surface area contributed by atoms with E-state index in [4.69, 9.17) is 4.98 Å². The molecule has 1 aliphatic rings. The smallest absolute Gasteiger partial charge is 0.0619 e. The molecule has 3 heteroatoms. The second kappa shape index (κ2) is 10.3. The number of para-hydroxylation sites is 2. The molecule has 0 atom stereocenters. The molecule has 1 aliphatic carbocycles. The fraction of sp³-hybridized carbons (Fsp3) is 0. The van der Waals surface area contributed by atoms with E-state index in [1.807, 2.05) is 6.20 Å². The zero-order valence-corrected chi connectivity index (χ0v) is 28.1. The van der Waals surface area contributed by atoms with Gasteiger partial charge >= 0.3 is 0 Å². The Morgan fingerprint density at radius 3 is 1.92 bits per heavy atom. The molecule has 0 radical (unpaired) electrons. The van der Waals surface area contributed by atoms with Crippen LogP contribution in [0.3, 0.4) is 0 Å². The maximum Gasteiger partial charge on any atom is 0.0619 e. The molecule has 11 aromatic rings. The van der Waals surface area contributed by atoms with Crippen LogP contribution < -0.4 is 0 Å². The molecule has 0 N–H and O–H groups in total. The largest absolute Gasteiger partial charge is 0.309 e. The first-order valence-electron chi connectivity index (χ1n) is 17.9. The van der Waals surface area contributed by atoms with E-state index >= 15 is 0 Å². The highest BCUT2D eigenvalue weighted by atomic mass is 15.0. The van der Waals surface area contributed by atoms with Crippen molar-refractivity contribution in [1.82, 2.24) is 14.1 Å². The van der Waals surface area contributed by atoms with Crippen LogP contribution >= 0.6 is 0 Å². The zero-order valence-electron chi connectivity index (χ0n) is 28.1. The minimum atomic E-state index is 1.17. The fourth-order valence-corrected chi connectivity index (χ4v) is 9.10. The highest BCUT2D eigenvalue weighted by Crippen LogP contribution is 2.51. The lowest BCUT2D eigenvalue weighted by molar-refractivity contribution is 1.18. The van der Waals surface area contributed by atoms with Gasteiger partial charge < -0.3 is 9.13 Å². The number of hydrogen-bond donors (Lipinski definition) is 0. The summed E-state index contributed by atoms with van der Waals surface area (Å²) in [5.74, 6) is 0. The lowest BCUT2D eigenvalue weighted by Gasteiger charge is -2.15. The summed E-state index contributed by atoms with van der Waals surface area (Å²) in [7, 11) is 0. The molecule has 12 rings (SSSR count). The normalized spacial score (nSPS) is 12.2. The van der Waals surface area contributed by atoms with Gasteiger partial charge in [0.25, 0.3) is 0 Å². The lowest BCUT2D eigenvalue weighted by atomic mass is 10.00. The molecule has 0 spiro atoms. The van der Waals surface area contributed by atoms with Gasteiger partial charge in [0.15, 0.2) is 0 Å². The van der Waals surface area contributed by atoms with Crippen LogP contribution in [0.5, 0.6) is 0 Å². The molecular weight excluding hydrogens is 631 g/mol. The minimum absolute atomic E-state index is 1.17. The van der Waals surface area contributed by atoms with Gasteiger partial charge in [0.1, 0.15) is 0 Å². The molecule has 0 aliphatic heterocycles. The van der Waals surface area contributed by atoms with E-state index in [1.165, 1.54) is 110 Å². The Morgan fingerprint density at radius 1 is 0.385 bits per heavy atom. The predicted octanol–water partition coefficient (Wildman–Crippen LogP) is 12.9. The highest BCUT2D eigenvalue weighted by molar-refractivity contribution is 6.22. The SMILES string of the molecule is c1ccc(-n2c3ccccc3c3cc(-c4ccc5c(c4)c4ccc6ccccc6c4n5-c4cccc5c4-c4cncc6cccc-5c46)ccc32)cc1. The summed E-state index contributed by atoms with van der Waals surface area (Å²) in [6.07, 6.45) is 4.04. The molecule has 8 aromatic carbocycles. The Bertz CT molecular complexity index is 3280. The van der Waals surface area contributed by atoms with E-state index in [0.29, 0.717) is 0 Å². The second-order valence-electron chi connectivity index (χ2n) is 14.0. The van der Waals surface area contributed by atoms with Crippen molar-refractivity contribution < 1.29 is 0 Å². The molecule has 0 bridgehead atoms. The number of rotatable bonds is 3. The summed E-state index contributed by atoms with van der Waals surface area (Å²) in [6.45, 7) is 0. The summed E-state index contributed by atoms with van der Waals surface area (Å²) < 4.78 is 4.89. The van der Waals surface area contributed by atoms with Crippen molar-refractivity contribution in [2.24, 2.45) is 0 Å². The molecule has 0 amide bonds. The number of aromatic nitrogens is 3. The highest BCUT2D eigenvalue weighted by Gasteiger charge is 2.27. The van der Waals surface area contributed by atoms with Gasteiger partial charge in [-0.2, -0.15) is 0 Å². The maximum atomic E-state index is 4.71. The molecule has 52 heavy (non-hydrogen) atoms. The van der Waals surface area contributed by atoms with Gasteiger partial charge in [-0.25, -0.2) is 0 Å². The maximum absolute atomic E-state index is 4.71. The Kier molecular flexibility index (Phi) is 5.50. The van der Waals surface area contributed by atoms with Crippen molar-refractivity contribution in [3.8, 4) is 44.8 Å². The summed E-state index contributed by atoms with van der Waals surface area (Å²) >= 11 is 0. The van der Waals surface area contributed by atoms with E-state index in [0.717, 1.165) is 0 Å². The van der Waals surface area contributed by atoms with Crippen LogP contribution in [0.1, 0.15) is 0 Å². The lowest BCUT2D eigenvalue weighted by Crippen LogP contribution is -1.98. The molecule has 0 saturated heterocycles. The van der Waals surface area contributed by atoms with Crippen molar-refractivity contribution in [3.05, 3.63) is 176 Å². The standard InChI is InChI=1S/C49H29N3/c1-2-12-34(13-3-1)51-43-18-7-6-15-36(43)40-26-31(21-24-44(40)51)32-22-25-45-41(27-32)39-23-20-30-10-4-5-14-35(30)49(39)52(45)46-19-9-17-38-37-16-8-11-33-28-50-29-42(47(33)37)48(38)46/h1-29H. The van der Waals surface area contributed by atoms with E-state index < -0.39 is 0 Å². The quantitative estimate of drug-likeness (QED) is 0.185. The van der Waals surface area contributed by atoms with Gasteiger partial charge in [-0.1, -0.05) is 115 Å². The zero-order chi connectivity index (χ0) is 33.9. The summed E-state index contributed by atoms with van der Waals surface area (Å²) in [6, 6.07) is 60.1. The fourth-order valence-electron chi connectivity index (χ4n) is 9.10. The molecule has 0 fully saturated rings. The monoisotopic (exact) mass is 659 g/mol. The molecule has 3 heterocycles. The van der Waals surface area contributed by atoms with Crippen LogP contribution in [0.2, 0.25) is 0 Å². The van der Waals surface area contributed by atoms with Gasteiger partial charge in [-0.05, 0) is 76.2 Å². The third-order valence-corrected chi connectivity index (χ3v) is 11.3. The molecule has 0 saturated carbocycles. The van der Waals surface area contributed by atoms with Crippen LogP contribution in [0, 0.1) is 0 Å². The van der Waals surface area contributed by atoms with Crippen molar-refractivity contribution in [3.63, 3.8) is 0 Å². The van der Waals surface area contributed by atoms with Crippen molar-refractivity contribution in [2.75, 3.05) is 0 Å². The number of benzene rings is 8. The Morgan fingerprint density at radius 2 is 1.06 bits per heavy atom. The second-order valence-corrected chi connectivity index (χ2v) is 14.0. The first kappa shape index (κ1) is 27.8. The topological polar surface area (TPSA) is 22.8 Å². The van der Waals surface area contributed by atoms with Crippen LogP contribution in [0.4, 0.5) is 0 Å². The Balaban J connectivity index is 1.13. The predicted molar refractivity (Wildman–Crippen MR) is 218 cm³/mol. The first-order chi connectivity index (χ1) is 25.8. The summed E-state index contributed by atoms with van der Waals surface area (Å²) in [5, 5.41) is 9.96. The summed E-state index contributed by atoms with van der Waals surface area (Å²) in [5.41, 5.74) is 14.6. The van der Waals surface area contributed by atoms with Crippen molar-refractivity contribution >= 4 is 65.2 Å². The van der Waals surface area contributed by atoms with Crippen LogP contribution in [-0.2, 0) is 0 Å². The van der Waals surface area contributed by atoms with Crippen LogP contribution in [0.25, 0.3) is 110 Å². The molecule has 3 nitrogen and oxygen atoms in total.